The standard InChI is InChI=1S/C33H40F2N4O4/c1-33(11-12-33)26-10-9-24(17-27(26)35)30(23-5-3-2-4-6-23)36-31(41)28-18-25(34)20-39(28)29(40)21-43-32(42)38-15-13-37(14-16-38)19-22-7-8-22/h2-6,9-10,17,22,25,28,30H,7-8,11-16,18-21H2,1H3,(H,36,41). The Morgan fingerprint density at radius 3 is 2.40 bits per heavy atom. The number of piperazine rings is 1. The quantitative estimate of drug-likeness (QED) is 0.471. The molecule has 10 heteroatoms. The molecule has 4 aliphatic rings. The summed E-state index contributed by atoms with van der Waals surface area (Å²) in [6.45, 7) is 4.88. The van der Waals surface area contributed by atoms with Crippen molar-refractivity contribution < 1.29 is 27.9 Å². The van der Waals surface area contributed by atoms with E-state index in [4.69, 9.17) is 4.74 Å². The lowest BCUT2D eigenvalue weighted by molar-refractivity contribution is -0.141. The van der Waals surface area contributed by atoms with E-state index >= 15 is 4.39 Å². The number of hydrogen-bond acceptors (Lipinski definition) is 5. The third-order valence-electron chi connectivity index (χ3n) is 9.43. The number of carbonyl (C=O) groups excluding carboxylic acids is 3. The summed E-state index contributed by atoms with van der Waals surface area (Å²) < 4.78 is 35.1. The van der Waals surface area contributed by atoms with Crippen LogP contribution < -0.4 is 5.32 Å². The molecule has 2 aliphatic heterocycles. The van der Waals surface area contributed by atoms with Gasteiger partial charge in [0.25, 0.3) is 5.91 Å². The molecule has 1 N–H and O–H groups in total. The highest BCUT2D eigenvalue weighted by atomic mass is 19.1. The number of benzene rings is 2. The predicted octanol–water partition coefficient (Wildman–Crippen LogP) is 4.19. The van der Waals surface area contributed by atoms with Crippen molar-refractivity contribution in [2.75, 3.05) is 45.9 Å². The monoisotopic (exact) mass is 594 g/mol. The fraction of sp³-hybridized carbons (Fsp3) is 0.545. The second-order valence-electron chi connectivity index (χ2n) is 12.8. The van der Waals surface area contributed by atoms with Gasteiger partial charge in [0, 0.05) is 39.1 Å². The van der Waals surface area contributed by atoms with Crippen LogP contribution in [0.1, 0.15) is 61.8 Å². The molecule has 3 unspecified atom stereocenters. The molecule has 8 nitrogen and oxygen atoms in total. The molecular weight excluding hydrogens is 554 g/mol. The third kappa shape index (κ3) is 6.84. The van der Waals surface area contributed by atoms with Gasteiger partial charge in [0.05, 0.1) is 12.6 Å². The number of rotatable bonds is 9. The molecule has 6 rings (SSSR count). The minimum absolute atomic E-state index is 0.150. The molecule has 2 aromatic rings. The maximum absolute atomic E-state index is 15.2. The minimum Gasteiger partial charge on any atom is -0.439 e. The largest absolute Gasteiger partial charge is 0.439 e. The smallest absolute Gasteiger partial charge is 0.410 e. The molecule has 3 amide bonds. The van der Waals surface area contributed by atoms with Crippen molar-refractivity contribution in [1.82, 2.24) is 20.0 Å². The summed E-state index contributed by atoms with van der Waals surface area (Å²) in [5.41, 5.74) is 1.81. The zero-order valence-electron chi connectivity index (χ0n) is 24.6. The average Bonchev–Trinajstić information content (AvgIpc) is 3.94. The summed E-state index contributed by atoms with van der Waals surface area (Å²) in [5.74, 6) is -0.702. The molecule has 0 aromatic heterocycles. The van der Waals surface area contributed by atoms with Crippen LogP contribution in [0, 0.1) is 11.7 Å². The lowest BCUT2D eigenvalue weighted by Crippen LogP contribution is -2.50. The van der Waals surface area contributed by atoms with Crippen LogP contribution in [0.25, 0.3) is 0 Å². The van der Waals surface area contributed by atoms with Gasteiger partial charge in [-0.2, -0.15) is 0 Å². The molecule has 2 saturated carbocycles. The van der Waals surface area contributed by atoms with E-state index in [1.165, 1.54) is 18.9 Å². The Morgan fingerprint density at radius 2 is 1.74 bits per heavy atom. The molecule has 0 bridgehead atoms. The molecule has 2 heterocycles. The Labute approximate surface area is 251 Å². The van der Waals surface area contributed by atoms with Gasteiger partial charge in [-0.05, 0) is 59.8 Å². The van der Waals surface area contributed by atoms with Crippen molar-refractivity contribution in [2.24, 2.45) is 5.92 Å². The van der Waals surface area contributed by atoms with Gasteiger partial charge in [-0.3, -0.25) is 14.5 Å². The van der Waals surface area contributed by atoms with Crippen molar-refractivity contribution in [1.29, 1.82) is 0 Å². The van der Waals surface area contributed by atoms with E-state index in [0.29, 0.717) is 24.2 Å². The fourth-order valence-electron chi connectivity index (χ4n) is 6.29. The SMILES string of the molecule is CC1(c2ccc(C(NC(=O)C3CC(F)CN3C(=O)COC(=O)N3CCN(CC4CC4)CC3)c3ccccc3)cc2F)CC1. The second-order valence-corrected chi connectivity index (χ2v) is 12.8. The number of alkyl halides is 1. The first-order valence-corrected chi connectivity index (χ1v) is 15.4. The maximum atomic E-state index is 15.2. The Hall–Kier alpha value is -3.53. The molecule has 2 aliphatic carbocycles. The van der Waals surface area contributed by atoms with E-state index in [1.54, 1.807) is 11.0 Å². The van der Waals surface area contributed by atoms with Crippen molar-refractivity contribution in [3.8, 4) is 0 Å². The van der Waals surface area contributed by atoms with Crippen molar-refractivity contribution >= 4 is 17.9 Å². The number of amides is 3. The molecule has 43 heavy (non-hydrogen) atoms. The first-order valence-electron chi connectivity index (χ1n) is 15.4. The molecule has 4 fully saturated rings. The van der Waals surface area contributed by atoms with E-state index in [2.05, 4.69) is 10.2 Å². The van der Waals surface area contributed by atoms with Crippen LogP contribution in [0.5, 0.6) is 0 Å². The van der Waals surface area contributed by atoms with Crippen LogP contribution in [-0.2, 0) is 19.7 Å². The molecule has 230 valence electrons. The van der Waals surface area contributed by atoms with E-state index in [1.807, 2.05) is 43.3 Å². The lowest BCUT2D eigenvalue weighted by atomic mass is 9.92. The topological polar surface area (TPSA) is 82.2 Å². The van der Waals surface area contributed by atoms with Crippen LogP contribution in [0.3, 0.4) is 0 Å². The Kier molecular flexibility index (Phi) is 8.40. The Bertz CT molecular complexity index is 1340. The van der Waals surface area contributed by atoms with E-state index in [-0.39, 0.29) is 24.2 Å². The lowest BCUT2D eigenvalue weighted by Gasteiger charge is -2.34. The van der Waals surface area contributed by atoms with Crippen LogP contribution in [0.15, 0.2) is 48.5 Å². The number of nitrogens with zero attached hydrogens (tertiary/aromatic N) is 3. The van der Waals surface area contributed by atoms with Crippen molar-refractivity contribution in [3.63, 3.8) is 0 Å². The van der Waals surface area contributed by atoms with E-state index in [0.717, 1.165) is 48.9 Å². The Morgan fingerprint density at radius 1 is 1.02 bits per heavy atom. The number of likely N-dealkylation sites (tertiary alicyclic amines) is 1. The first-order chi connectivity index (χ1) is 20.7. The zero-order valence-corrected chi connectivity index (χ0v) is 24.6. The number of ether oxygens (including phenoxy) is 1. The van der Waals surface area contributed by atoms with Gasteiger partial charge < -0.3 is 19.9 Å². The molecule has 2 aromatic carbocycles. The molecular formula is C33H40F2N4O4. The first kappa shape index (κ1) is 29.5. The van der Waals surface area contributed by atoms with Gasteiger partial charge in [-0.15, -0.1) is 0 Å². The van der Waals surface area contributed by atoms with Crippen LogP contribution in [0.2, 0.25) is 0 Å². The summed E-state index contributed by atoms with van der Waals surface area (Å²) in [7, 11) is 0. The summed E-state index contributed by atoms with van der Waals surface area (Å²) in [6, 6.07) is 12.5. The van der Waals surface area contributed by atoms with Gasteiger partial charge in [-0.1, -0.05) is 49.4 Å². The van der Waals surface area contributed by atoms with Crippen LogP contribution in [-0.4, -0.2) is 90.7 Å². The highest BCUT2D eigenvalue weighted by molar-refractivity contribution is 5.90. The predicted molar refractivity (Wildman–Crippen MR) is 157 cm³/mol. The van der Waals surface area contributed by atoms with Crippen molar-refractivity contribution in [3.05, 3.63) is 71.0 Å². The zero-order chi connectivity index (χ0) is 30.1. The minimum atomic E-state index is -1.39. The van der Waals surface area contributed by atoms with Crippen LogP contribution >= 0.6 is 0 Å². The normalized spacial score (nSPS) is 24.0. The van der Waals surface area contributed by atoms with Crippen LogP contribution in [0.4, 0.5) is 13.6 Å². The fourth-order valence-corrected chi connectivity index (χ4v) is 6.29. The molecule has 0 spiro atoms. The number of hydrogen-bond donors (Lipinski definition) is 1. The Balaban J connectivity index is 1.09. The van der Waals surface area contributed by atoms with Crippen molar-refractivity contribution in [2.45, 2.75) is 62.7 Å². The molecule has 0 radical (unpaired) electrons. The molecule has 3 atom stereocenters. The summed E-state index contributed by atoms with van der Waals surface area (Å²) in [4.78, 5) is 44.4. The number of halogens is 2. The van der Waals surface area contributed by atoms with Gasteiger partial charge >= 0.3 is 6.09 Å². The summed E-state index contributed by atoms with van der Waals surface area (Å²) in [5, 5.41) is 2.95. The summed E-state index contributed by atoms with van der Waals surface area (Å²) in [6.07, 6.45) is 2.29. The van der Waals surface area contributed by atoms with Gasteiger partial charge in [0.15, 0.2) is 6.61 Å². The number of nitrogens with one attached hydrogen (secondary N) is 1. The highest BCUT2D eigenvalue weighted by Crippen LogP contribution is 2.48. The van der Waals surface area contributed by atoms with E-state index in [9.17, 15) is 18.8 Å². The summed E-state index contributed by atoms with van der Waals surface area (Å²) >= 11 is 0. The third-order valence-corrected chi connectivity index (χ3v) is 9.43. The number of carbonyl (C=O) groups is 3. The van der Waals surface area contributed by atoms with Gasteiger partial charge in [0.2, 0.25) is 5.91 Å². The average molecular weight is 595 g/mol. The highest BCUT2D eigenvalue weighted by Gasteiger charge is 2.42. The van der Waals surface area contributed by atoms with E-state index < -0.39 is 42.8 Å². The second kappa shape index (κ2) is 12.2. The molecule has 2 saturated heterocycles. The maximum Gasteiger partial charge on any atom is 0.410 e. The van der Waals surface area contributed by atoms with Gasteiger partial charge in [-0.25, -0.2) is 13.6 Å². The van der Waals surface area contributed by atoms with Gasteiger partial charge in [0.1, 0.15) is 18.0 Å².